The van der Waals surface area contributed by atoms with Crippen LogP contribution < -0.4 is 15.8 Å². The van der Waals surface area contributed by atoms with Crippen LogP contribution in [0.15, 0.2) is 126 Å². The molecule has 0 spiro atoms. The van der Waals surface area contributed by atoms with Crippen LogP contribution in [-0.4, -0.2) is 11.3 Å². The van der Waals surface area contributed by atoms with Gasteiger partial charge in [-0.3, -0.25) is 0 Å². The van der Waals surface area contributed by atoms with Gasteiger partial charge in [-0.1, -0.05) is 107 Å². The van der Waals surface area contributed by atoms with Crippen LogP contribution in [0.1, 0.15) is 68.4 Å². The first-order chi connectivity index (χ1) is 29.0. The molecule has 7 aromatic carbocycles. The normalized spacial score (nSPS) is 16.0. The average molecular weight is 793 g/mol. The van der Waals surface area contributed by atoms with Crippen molar-refractivity contribution in [2.75, 3.05) is 4.90 Å². The third-order valence-corrected chi connectivity index (χ3v) is 15.9. The van der Waals surface area contributed by atoms with Crippen molar-refractivity contribution in [3.05, 3.63) is 149 Å². The molecule has 3 nitrogen and oxygen atoms in total. The maximum absolute atomic E-state index is 7.02. The van der Waals surface area contributed by atoms with E-state index in [0.717, 1.165) is 11.3 Å². The van der Waals surface area contributed by atoms with Crippen molar-refractivity contribution in [3.8, 4) is 22.3 Å². The number of fused-ring (bicyclic) bond motifs is 13. The molecule has 5 heterocycles. The van der Waals surface area contributed by atoms with Crippen LogP contribution in [0.5, 0.6) is 0 Å². The molecule has 0 N–H and O–H groups in total. The molecule has 3 aromatic heterocycles. The Balaban J connectivity index is 1.23. The highest BCUT2D eigenvalue weighted by molar-refractivity contribution is 7.26. The lowest BCUT2D eigenvalue weighted by Gasteiger charge is -2.44. The summed E-state index contributed by atoms with van der Waals surface area (Å²) in [5, 5.41) is 6.25. The number of anilines is 3. The number of para-hydroxylation sites is 2. The van der Waals surface area contributed by atoms with E-state index in [1.165, 1.54) is 133 Å². The van der Waals surface area contributed by atoms with Crippen LogP contribution in [0.2, 0.25) is 0 Å². The van der Waals surface area contributed by atoms with Crippen molar-refractivity contribution >= 4 is 99.3 Å². The zero-order valence-electron chi connectivity index (χ0n) is 35.2. The summed E-state index contributed by atoms with van der Waals surface area (Å²) in [7, 11) is 0. The second-order valence-corrected chi connectivity index (χ2v) is 20.4. The monoisotopic (exact) mass is 792 g/mol. The van der Waals surface area contributed by atoms with E-state index >= 15 is 0 Å². The number of aryl methyl sites for hydroxylation is 3. The minimum Gasteiger partial charge on any atom is -0.441 e. The van der Waals surface area contributed by atoms with Gasteiger partial charge in [0.05, 0.1) is 5.39 Å². The molecule has 0 saturated heterocycles. The molecule has 10 aromatic rings. The smallest absolute Gasteiger partial charge is 0.336 e. The molecule has 5 heteroatoms. The molecular formula is C55H45BN2OS. The zero-order chi connectivity index (χ0) is 40.6. The number of thiophene rings is 1. The minimum absolute atomic E-state index is 0.0596. The van der Waals surface area contributed by atoms with Gasteiger partial charge < -0.3 is 13.8 Å². The number of aromatic nitrogens is 1. The lowest BCUT2D eigenvalue weighted by molar-refractivity contribution is 0.332. The fraction of sp³-hybridized carbons (Fsp3) is 0.200. The van der Waals surface area contributed by atoms with Crippen LogP contribution >= 0.6 is 11.3 Å². The van der Waals surface area contributed by atoms with E-state index in [2.05, 4.69) is 179 Å². The lowest BCUT2D eigenvalue weighted by atomic mass is 9.45. The first kappa shape index (κ1) is 34.8. The van der Waals surface area contributed by atoms with Gasteiger partial charge in [-0.2, -0.15) is 0 Å². The first-order valence-corrected chi connectivity index (χ1v) is 22.4. The van der Waals surface area contributed by atoms with Gasteiger partial charge in [0, 0.05) is 59.1 Å². The maximum Gasteiger partial charge on any atom is 0.336 e. The highest BCUT2D eigenvalue weighted by atomic mass is 32.1. The Hall–Kier alpha value is -6.04. The van der Waals surface area contributed by atoms with Crippen molar-refractivity contribution < 1.29 is 4.42 Å². The van der Waals surface area contributed by atoms with Crippen LogP contribution in [0, 0.1) is 20.8 Å². The molecular weight excluding hydrogens is 747 g/mol. The molecule has 13 rings (SSSR count). The van der Waals surface area contributed by atoms with Gasteiger partial charge in [0.1, 0.15) is 5.58 Å². The Labute approximate surface area is 355 Å². The largest absolute Gasteiger partial charge is 0.441 e. The number of hydrogen-bond donors (Lipinski definition) is 0. The second-order valence-electron chi connectivity index (χ2n) is 19.3. The van der Waals surface area contributed by atoms with E-state index in [-0.39, 0.29) is 17.7 Å². The third-order valence-electron chi connectivity index (χ3n) is 14.8. The van der Waals surface area contributed by atoms with Gasteiger partial charge in [0.25, 0.3) is 0 Å². The summed E-state index contributed by atoms with van der Waals surface area (Å²) in [6.45, 7) is 16.6. The summed E-state index contributed by atoms with van der Waals surface area (Å²) in [5.41, 5.74) is 21.7. The Bertz CT molecular complexity index is 3540. The third kappa shape index (κ3) is 4.41. The van der Waals surface area contributed by atoms with Gasteiger partial charge in [-0.15, -0.1) is 11.3 Å². The standard InChI is InChI=1S/C55H45BN2OS/c1-30-14-12-15-31(2)49(30)33-25-39-35-18-13-19-37-50-36-17-8-10-20-46(36)59-53(50)58(52(35)37)56-42-29-48-38(34-16-9-11-21-47(34)60-48)27-44(42)57(45(26-33)51(39)56)43-28-41-40(24-32(43)3)54(4,5)22-23-55(41,6)7/h8-21,24-29H,22-23H2,1-7H3. The predicted octanol–water partition coefficient (Wildman–Crippen LogP) is 14.3. The Morgan fingerprint density at radius 3 is 2.08 bits per heavy atom. The van der Waals surface area contributed by atoms with Gasteiger partial charge in [0.15, 0.2) is 5.71 Å². The Kier molecular flexibility index (Phi) is 6.74. The van der Waals surface area contributed by atoms with Crippen molar-refractivity contribution in [2.24, 2.45) is 0 Å². The van der Waals surface area contributed by atoms with E-state index in [9.17, 15) is 0 Å². The van der Waals surface area contributed by atoms with Crippen LogP contribution in [0.3, 0.4) is 0 Å². The summed E-state index contributed by atoms with van der Waals surface area (Å²) in [6.07, 6.45) is 2.36. The van der Waals surface area contributed by atoms with Gasteiger partial charge in [0.2, 0.25) is 0 Å². The molecule has 2 aliphatic heterocycles. The SMILES string of the molecule is Cc1cc2c(cc1N1c3cc4c(cc3B3c5c(cc(-c6c(C)cccc6C)cc51)-c1cccc5c6c7ccccc7oc6n3c15)sc1ccccc14)C(C)(C)CCC2(C)C. The summed E-state index contributed by atoms with van der Waals surface area (Å²) < 4.78 is 12.2. The second kappa shape index (κ2) is 11.6. The Morgan fingerprint density at radius 2 is 1.28 bits per heavy atom. The topological polar surface area (TPSA) is 21.3 Å². The van der Waals surface area contributed by atoms with Crippen molar-refractivity contribution in [1.82, 2.24) is 4.48 Å². The van der Waals surface area contributed by atoms with Gasteiger partial charge in [-0.25, -0.2) is 0 Å². The number of rotatable bonds is 2. The highest BCUT2D eigenvalue weighted by Crippen LogP contribution is 2.53. The summed E-state index contributed by atoms with van der Waals surface area (Å²) in [6, 6.07) is 46.4. The van der Waals surface area contributed by atoms with Gasteiger partial charge in [-0.05, 0) is 142 Å². The summed E-state index contributed by atoms with van der Waals surface area (Å²) in [5.74, 6) is 0. The van der Waals surface area contributed by atoms with Crippen molar-refractivity contribution in [2.45, 2.75) is 72.1 Å². The fourth-order valence-electron chi connectivity index (χ4n) is 11.7. The quantitative estimate of drug-likeness (QED) is 0.163. The number of nitrogens with zero attached hydrogens (tertiary/aromatic N) is 2. The summed E-state index contributed by atoms with van der Waals surface area (Å²) in [4.78, 5) is 2.67. The first-order valence-electron chi connectivity index (χ1n) is 21.6. The molecule has 0 atom stereocenters. The molecule has 290 valence electrons. The zero-order valence-corrected chi connectivity index (χ0v) is 36.1. The minimum atomic E-state index is -0.105. The van der Waals surface area contributed by atoms with Crippen molar-refractivity contribution in [1.29, 1.82) is 0 Å². The molecule has 0 unspecified atom stereocenters. The molecule has 0 fully saturated rings. The number of furan rings is 1. The van der Waals surface area contributed by atoms with Crippen molar-refractivity contribution in [3.63, 3.8) is 0 Å². The molecule has 60 heavy (non-hydrogen) atoms. The van der Waals surface area contributed by atoms with E-state index in [1.54, 1.807) is 0 Å². The predicted molar refractivity (Wildman–Crippen MR) is 258 cm³/mol. The van der Waals surface area contributed by atoms with E-state index in [4.69, 9.17) is 4.42 Å². The number of benzene rings is 7. The fourth-order valence-corrected chi connectivity index (χ4v) is 12.9. The van der Waals surface area contributed by atoms with Crippen LogP contribution in [0.25, 0.3) is 75.4 Å². The lowest BCUT2D eigenvalue weighted by Crippen LogP contribution is -2.56. The van der Waals surface area contributed by atoms with E-state index in [0.29, 0.717) is 0 Å². The molecule has 3 aliphatic rings. The van der Waals surface area contributed by atoms with Gasteiger partial charge >= 0.3 is 6.85 Å². The Morgan fingerprint density at radius 1 is 0.583 bits per heavy atom. The van der Waals surface area contributed by atoms with Crippen LogP contribution in [0.4, 0.5) is 17.1 Å². The highest BCUT2D eigenvalue weighted by Gasteiger charge is 2.46. The number of hydrogen-bond acceptors (Lipinski definition) is 3. The molecule has 0 amide bonds. The summed E-state index contributed by atoms with van der Waals surface area (Å²) >= 11 is 1.91. The molecule has 1 aliphatic carbocycles. The molecule has 0 radical (unpaired) electrons. The van der Waals surface area contributed by atoms with Crippen LogP contribution in [-0.2, 0) is 10.8 Å². The molecule has 0 saturated carbocycles. The molecule has 0 bridgehead atoms. The average Bonchev–Trinajstić information content (AvgIpc) is 3.90. The van der Waals surface area contributed by atoms with E-state index in [1.807, 2.05) is 11.3 Å². The maximum atomic E-state index is 7.02. The van der Waals surface area contributed by atoms with E-state index < -0.39 is 0 Å².